The first kappa shape index (κ1) is 18.3. The van der Waals surface area contributed by atoms with Crippen LogP contribution in [0.4, 0.5) is 20.2 Å². The van der Waals surface area contributed by atoms with Gasteiger partial charge in [-0.15, -0.1) is 0 Å². The van der Waals surface area contributed by atoms with Gasteiger partial charge in [0, 0.05) is 19.0 Å². The summed E-state index contributed by atoms with van der Waals surface area (Å²) < 4.78 is 26.2. The van der Waals surface area contributed by atoms with E-state index < -0.39 is 11.7 Å². The Hall–Kier alpha value is -3.06. The molecule has 0 radical (unpaired) electrons. The molecule has 130 valence electrons. The van der Waals surface area contributed by atoms with Crippen LogP contribution in [0.25, 0.3) is 6.08 Å². The average molecular weight is 345 g/mol. The fraction of sp³-hybridized carbons (Fsp3) is 0.111. The molecule has 2 amide bonds. The lowest BCUT2D eigenvalue weighted by molar-refractivity contribution is -0.116. The Kier molecular flexibility index (Phi) is 6.36. The second-order valence-electron chi connectivity index (χ2n) is 5.15. The highest BCUT2D eigenvalue weighted by Crippen LogP contribution is 2.23. The number of nitrogens with one attached hydrogen (secondary N) is 2. The number of hydrogen-bond acceptors (Lipinski definition) is 3. The molecular weight excluding hydrogens is 328 g/mol. The predicted molar refractivity (Wildman–Crippen MR) is 92.8 cm³/mol. The standard InChI is InChI=1S/C18H17F2N3O2/c19-13-4-1-12(2-5-13)3-8-17(24)22-15-7-6-14(20)11-16(15)23-18(25)9-10-21/h1-8,11H,9-10,21H2,(H,22,24)(H,23,25)/b8-3+. The maximum atomic E-state index is 13.4. The molecule has 2 aromatic carbocycles. The predicted octanol–water partition coefficient (Wildman–Crippen LogP) is 2.90. The Balaban J connectivity index is 2.09. The van der Waals surface area contributed by atoms with Crippen molar-refractivity contribution < 1.29 is 18.4 Å². The number of nitrogens with two attached hydrogens (primary N) is 1. The Labute approximate surface area is 143 Å². The van der Waals surface area contributed by atoms with Crippen LogP contribution < -0.4 is 16.4 Å². The third-order valence-electron chi connectivity index (χ3n) is 3.18. The van der Waals surface area contributed by atoms with E-state index in [-0.39, 0.29) is 36.1 Å². The molecule has 0 aromatic heterocycles. The van der Waals surface area contributed by atoms with E-state index in [1.54, 1.807) is 0 Å². The summed E-state index contributed by atoms with van der Waals surface area (Å²) in [6.45, 7) is 0.156. The maximum absolute atomic E-state index is 13.4. The van der Waals surface area contributed by atoms with Crippen LogP contribution in [0, 0.1) is 11.6 Å². The molecule has 0 heterocycles. The van der Waals surface area contributed by atoms with E-state index in [2.05, 4.69) is 10.6 Å². The van der Waals surface area contributed by atoms with Crippen LogP contribution in [-0.4, -0.2) is 18.4 Å². The highest BCUT2D eigenvalue weighted by molar-refractivity contribution is 6.05. The van der Waals surface area contributed by atoms with Gasteiger partial charge in [-0.3, -0.25) is 9.59 Å². The summed E-state index contributed by atoms with van der Waals surface area (Å²) in [4.78, 5) is 23.6. The third-order valence-corrected chi connectivity index (χ3v) is 3.18. The van der Waals surface area contributed by atoms with Crippen LogP contribution in [0.2, 0.25) is 0 Å². The molecule has 2 aromatic rings. The SMILES string of the molecule is NCCC(=O)Nc1cc(F)ccc1NC(=O)/C=C/c1ccc(F)cc1. The lowest BCUT2D eigenvalue weighted by Crippen LogP contribution is -2.18. The van der Waals surface area contributed by atoms with Gasteiger partial charge in [-0.05, 0) is 42.0 Å². The highest BCUT2D eigenvalue weighted by atomic mass is 19.1. The average Bonchev–Trinajstić information content (AvgIpc) is 2.57. The Bertz CT molecular complexity index is 789. The van der Waals surface area contributed by atoms with Crippen molar-refractivity contribution in [1.29, 1.82) is 0 Å². The van der Waals surface area contributed by atoms with Crippen molar-refractivity contribution in [2.45, 2.75) is 6.42 Å². The van der Waals surface area contributed by atoms with Gasteiger partial charge in [0.25, 0.3) is 0 Å². The molecule has 0 aliphatic carbocycles. The van der Waals surface area contributed by atoms with Crippen LogP contribution in [0.15, 0.2) is 48.5 Å². The van der Waals surface area contributed by atoms with Crippen molar-refractivity contribution in [3.8, 4) is 0 Å². The second-order valence-corrected chi connectivity index (χ2v) is 5.15. The summed E-state index contributed by atoms with van der Waals surface area (Å²) in [6.07, 6.45) is 2.83. The molecule has 0 fully saturated rings. The van der Waals surface area contributed by atoms with Gasteiger partial charge in [0.1, 0.15) is 11.6 Å². The van der Waals surface area contributed by atoms with Gasteiger partial charge in [-0.25, -0.2) is 8.78 Å². The fourth-order valence-corrected chi connectivity index (χ4v) is 1.99. The molecule has 7 heteroatoms. The number of rotatable bonds is 6. The minimum atomic E-state index is -0.553. The molecule has 0 spiro atoms. The molecule has 0 bridgehead atoms. The zero-order valence-electron chi connectivity index (χ0n) is 13.3. The molecule has 0 saturated heterocycles. The van der Waals surface area contributed by atoms with Gasteiger partial charge in [0.05, 0.1) is 11.4 Å². The number of hydrogen-bond donors (Lipinski definition) is 3. The number of amides is 2. The van der Waals surface area contributed by atoms with Crippen LogP contribution in [-0.2, 0) is 9.59 Å². The molecule has 4 N–H and O–H groups in total. The van der Waals surface area contributed by atoms with Crippen molar-refractivity contribution in [3.63, 3.8) is 0 Å². The largest absolute Gasteiger partial charge is 0.330 e. The van der Waals surface area contributed by atoms with E-state index in [1.807, 2.05) is 0 Å². The molecule has 2 rings (SSSR count). The Morgan fingerprint density at radius 3 is 2.32 bits per heavy atom. The fourth-order valence-electron chi connectivity index (χ4n) is 1.99. The zero-order chi connectivity index (χ0) is 18.2. The van der Waals surface area contributed by atoms with Gasteiger partial charge in [0.2, 0.25) is 11.8 Å². The molecule has 5 nitrogen and oxygen atoms in total. The monoisotopic (exact) mass is 345 g/mol. The summed E-state index contributed by atoms with van der Waals surface area (Å²) >= 11 is 0. The smallest absolute Gasteiger partial charge is 0.248 e. The first-order chi connectivity index (χ1) is 12.0. The lowest BCUT2D eigenvalue weighted by Gasteiger charge is -2.11. The van der Waals surface area contributed by atoms with E-state index in [9.17, 15) is 18.4 Å². The van der Waals surface area contributed by atoms with Crippen LogP contribution in [0.5, 0.6) is 0 Å². The molecule has 0 unspecified atom stereocenters. The zero-order valence-corrected chi connectivity index (χ0v) is 13.3. The van der Waals surface area contributed by atoms with Gasteiger partial charge >= 0.3 is 0 Å². The van der Waals surface area contributed by atoms with Crippen LogP contribution in [0.3, 0.4) is 0 Å². The summed E-state index contributed by atoms with van der Waals surface area (Å²) in [7, 11) is 0. The minimum Gasteiger partial charge on any atom is -0.330 e. The van der Waals surface area contributed by atoms with Crippen molar-refractivity contribution in [3.05, 3.63) is 65.7 Å². The number of carbonyl (C=O) groups is 2. The van der Waals surface area contributed by atoms with Gasteiger partial charge in [-0.2, -0.15) is 0 Å². The van der Waals surface area contributed by atoms with Crippen molar-refractivity contribution >= 4 is 29.3 Å². The summed E-state index contributed by atoms with van der Waals surface area (Å²) in [6, 6.07) is 9.22. The topological polar surface area (TPSA) is 84.2 Å². The third kappa shape index (κ3) is 5.82. The quantitative estimate of drug-likeness (QED) is 0.704. The van der Waals surface area contributed by atoms with Gasteiger partial charge < -0.3 is 16.4 Å². The highest BCUT2D eigenvalue weighted by Gasteiger charge is 2.09. The molecular formula is C18H17F2N3O2. The van der Waals surface area contributed by atoms with E-state index in [0.717, 1.165) is 12.1 Å². The first-order valence-electron chi connectivity index (χ1n) is 7.52. The number of carbonyl (C=O) groups excluding carboxylic acids is 2. The van der Waals surface area contributed by atoms with Crippen molar-refractivity contribution in [2.24, 2.45) is 5.73 Å². The first-order valence-corrected chi connectivity index (χ1v) is 7.52. The van der Waals surface area contributed by atoms with E-state index >= 15 is 0 Å². The van der Waals surface area contributed by atoms with Crippen LogP contribution >= 0.6 is 0 Å². The van der Waals surface area contributed by atoms with Crippen molar-refractivity contribution in [1.82, 2.24) is 0 Å². The molecule has 0 saturated carbocycles. The molecule has 0 atom stereocenters. The lowest BCUT2D eigenvalue weighted by atomic mass is 10.2. The normalized spacial score (nSPS) is 10.7. The van der Waals surface area contributed by atoms with E-state index in [4.69, 9.17) is 5.73 Å². The maximum Gasteiger partial charge on any atom is 0.248 e. The second kappa shape index (κ2) is 8.70. The number of halogens is 2. The van der Waals surface area contributed by atoms with E-state index in [1.165, 1.54) is 42.5 Å². The summed E-state index contributed by atoms with van der Waals surface area (Å²) in [5, 5.41) is 5.05. The number of anilines is 2. The minimum absolute atomic E-state index is 0.0777. The number of benzene rings is 2. The van der Waals surface area contributed by atoms with E-state index in [0.29, 0.717) is 5.56 Å². The summed E-state index contributed by atoms with van der Waals surface area (Å²) in [5.74, 6) is -1.79. The Morgan fingerprint density at radius 1 is 0.960 bits per heavy atom. The molecule has 25 heavy (non-hydrogen) atoms. The van der Waals surface area contributed by atoms with Crippen molar-refractivity contribution in [2.75, 3.05) is 17.2 Å². The summed E-state index contributed by atoms with van der Waals surface area (Å²) in [5.41, 5.74) is 6.34. The molecule has 0 aliphatic heterocycles. The molecule has 0 aliphatic rings. The van der Waals surface area contributed by atoms with Gasteiger partial charge in [-0.1, -0.05) is 12.1 Å². The Morgan fingerprint density at radius 2 is 1.64 bits per heavy atom. The van der Waals surface area contributed by atoms with Gasteiger partial charge in [0.15, 0.2) is 0 Å². The van der Waals surface area contributed by atoms with Crippen LogP contribution in [0.1, 0.15) is 12.0 Å².